The summed E-state index contributed by atoms with van der Waals surface area (Å²) in [5, 5.41) is 0. The van der Waals surface area contributed by atoms with E-state index in [0.29, 0.717) is 0 Å². The van der Waals surface area contributed by atoms with E-state index in [4.69, 9.17) is 0 Å². The number of Topliss-reactive ketones (excluding diaryl/α,β-unsaturated/α-hetero) is 1. The normalized spacial score (nSPS) is 10.0. The molecule has 56 valence electrons. The first-order valence-corrected chi connectivity index (χ1v) is 3.40. The van der Waals surface area contributed by atoms with Gasteiger partial charge < -0.3 is 0 Å². The van der Waals surface area contributed by atoms with Crippen LogP contribution in [0.1, 0.15) is 27.7 Å². The van der Waals surface area contributed by atoms with Crippen LogP contribution in [0.5, 0.6) is 0 Å². The van der Waals surface area contributed by atoms with Crippen molar-refractivity contribution in [1.82, 2.24) is 0 Å². The van der Waals surface area contributed by atoms with Crippen molar-refractivity contribution in [1.29, 1.82) is 0 Å². The highest BCUT2D eigenvalue weighted by atomic mass is 16.1. The van der Waals surface area contributed by atoms with E-state index in [2.05, 4.69) is 0 Å². The Bertz CT molecular complexity index is 181. The van der Waals surface area contributed by atoms with Crippen LogP contribution < -0.4 is 0 Å². The standard InChI is InChI=1S/C9H14O/c1-5-6-9(7(2)3)8(4)10/h5-6H,1-4H3/b6-5-. The highest BCUT2D eigenvalue weighted by molar-refractivity contribution is 5.96. The summed E-state index contributed by atoms with van der Waals surface area (Å²) in [5.41, 5.74) is 1.90. The second-order valence-corrected chi connectivity index (χ2v) is 2.47. The molecule has 1 nitrogen and oxygen atoms in total. The van der Waals surface area contributed by atoms with Gasteiger partial charge in [0.15, 0.2) is 5.78 Å². The maximum absolute atomic E-state index is 10.9. The number of rotatable bonds is 2. The Morgan fingerprint density at radius 1 is 1.20 bits per heavy atom. The largest absolute Gasteiger partial charge is 0.295 e. The third-order valence-electron chi connectivity index (χ3n) is 1.25. The molecule has 1 heteroatoms. The highest BCUT2D eigenvalue weighted by Crippen LogP contribution is 2.05. The summed E-state index contributed by atoms with van der Waals surface area (Å²) in [5.74, 6) is 0.137. The van der Waals surface area contributed by atoms with Gasteiger partial charge in [0.05, 0.1) is 0 Å². The summed E-state index contributed by atoms with van der Waals surface area (Å²) in [6.45, 7) is 7.38. The quantitative estimate of drug-likeness (QED) is 0.423. The minimum absolute atomic E-state index is 0.137. The monoisotopic (exact) mass is 138 g/mol. The van der Waals surface area contributed by atoms with E-state index >= 15 is 0 Å². The molecule has 0 aromatic heterocycles. The van der Waals surface area contributed by atoms with Gasteiger partial charge in [0.25, 0.3) is 0 Å². The maximum Gasteiger partial charge on any atom is 0.159 e. The average molecular weight is 138 g/mol. The lowest BCUT2D eigenvalue weighted by atomic mass is 10.1. The smallest absolute Gasteiger partial charge is 0.159 e. The van der Waals surface area contributed by atoms with E-state index in [1.807, 2.05) is 32.9 Å². The van der Waals surface area contributed by atoms with E-state index in [-0.39, 0.29) is 5.78 Å². The summed E-state index contributed by atoms with van der Waals surface area (Å²) in [6, 6.07) is 0. The molecule has 0 unspecified atom stereocenters. The molecule has 0 fully saturated rings. The van der Waals surface area contributed by atoms with Crippen LogP contribution in [0, 0.1) is 0 Å². The summed E-state index contributed by atoms with van der Waals surface area (Å²) in [7, 11) is 0. The first kappa shape index (κ1) is 9.15. The minimum Gasteiger partial charge on any atom is -0.295 e. The molecule has 0 spiro atoms. The molecule has 0 aromatic carbocycles. The number of hydrogen-bond donors (Lipinski definition) is 0. The van der Waals surface area contributed by atoms with Crippen molar-refractivity contribution in [2.24, 2.45) is 0 Å². The molecule has 0 heterocycles. The van der Waals surface area contributed by atoms with E-state index in [1.165, 1.54) is 0 Å². The van der Waals surface area contributed by atoms with Gasteiger partial charge in [0, 0.05) is 5.57 Å². The lowest BCUT2D eigenvalue weighted by Crippen LogP contribution is -1.94. The number of allylic oxidation sites excluding steroid dienone is 4. The molecule has 10 heavy (non-hydrogen) atoms. The van der Waals surface area contributed by atoms with Gasteiger partial charge in [0.2, 0.25) is 0 Å². The Morgan fingerprint density at radius 2 is 1.70 bits per heavy atom. The topological polar surface area (TPSA) is 17.1 Å². The fourth-order valence-electron chi connectivity index (χ4n) is 0.803. The van der Waals surface area contributed by atoms with Crippen molar-refractivity contribution in [3.05, 3.63) is 23.3 Å². The van der Waals surface area contributed by atoms with Gasteiger partial charge in [0.1, 0.15) is 0 Å². The van der Waals surface area contributed by atoms with Crippen LogP contribution in [0.25, 0.3) is 0 Å². The zero-order valence-electron chi connectivity index (χ0n) is 7.06. The zero-order chi connectivity index (χ0) is 8.15. The van der Waals surface area contributed by atoms with Crippen LogP contribution in [0.3, 0.4) is 0 Å². The molecule has 0 bridgehead atoms. The molecule has 0 rings (SSSR count). The Hall–Kier alpha value is -0.850. The average Bonchev–Trinajstić information content (AvgIpc) is 1.81. The van der Waals surface area contributed by atoms with E-state index in [0.717, 1.165) is 11.1 Å². The van der Waals surface area contributed by atoms with Crippen LogP contribution in [-0.4, -0.2) is 5.78 Å². The van der Waals surface area contributed by atoms with Crippen LogP contribution in [0.15, 0.2) is 23.3 Å². The second-order valence-electron chi connectivity index (χ2n) is 2.47. The van der Waals surface area contributed by atoms with Crippen LogP contribution >= 0.6 is 0 Å². The number of hydrogen-bond acceptors (Lipinski definition) is 1. The predicted molar refractivity (Wildman–Crippen MR) is 43.9 cm³/mol. The molecule has 0 aromatic rings. The van der Waals surface area contributed by atoms with E-state index < -0.39 is 0 Å². The Morgan fingerprint density at radius 3 is 1.80 bits per heavy atom. The second kappa shape index (κ2) is 4.04. The molecule has 0 aliphatic carbocycles. The van der Waals surface area contributed by atoms with E-state index in [9.17, 15) is 4.79 Å². The Balaban J connectivity index is 4.61. The summed E-state index contributed by atoms with van der Waals surface area (Å²) in [4.78, 5) is 10.9. The summed E-state index contributed by atoms with van der Waals surface area (Å²) >= 11 is 0. The number of carbonyl (C=O) groups is 1. The first-order valence-electron chi connectivity index (χ1n) is 3.40. The molecular weight excluding hydrogens is 124 g/mol. The molecule has 0 saturated carbocycles. The van der Waals surface area contributed by atoms with Gasteiger partial charge in [-0.05, 0) is 27.7 Å². The van der Waals surface area contributed by atoms with Gasteiger partial charge in [-0.1, -0.05) is 17.7 Å². The Kier molecular flexibility index (Phi) is 3.70. The number of carbonyl (C=O) groups excluding carboxylic acids is 1. The van der Waals surface area contributed by atoms with Crippen molar-refractivity contribution in [3.63, 3.8) is 0 Å². The molecule has 0 amide bonds. The minimum atomic E-state index is 0.137. The van der Waals surface area contributed by atoms with Crippen molar-refractivity contribution >= 4 is 5.78 Å². The van der Waals surface area contributed by atoms with Crippen LogP contribution in [0.2, 0.25) is 0 Å². The van der Waals surface area contributed by atoms with Gasteiger partial charge in [-0.3, -0.25) is 4.79 Å². The molecular formula is C9H14O. The van der Waals surface area contributed by atoms with Crippen molar-refractivity contribution < 1.29 is 4.79 Å². The maximum atomic E-state index is 10.9. The summed E-state index contributed by atoms with van der Waals surface area (Å²) < 4.78 is 0. The molecule has 0 aliphatic rings. The van der Waals surface area contributed by atoms with Crippen molar-refractivity contribution in [2.45, 2.75) is 27.7 Å². The van der Waals surface area contributed by atoms with Gasteiger partial charge in [-0.2, -0.15) is 0 Å². The van der Waals surface area contributed by atoms with E-state index in [1.54, 1.807) is 6.92 Å². The molecule has 0 atom stereocenters. The van der Waals surface area contributed by atoms with Crippen LogP contribution in [-0.2, 0) is 4.79 Å². The van der Waals surface area contributed by atoms with Crippen molar-refractivity contribution in [2.75, 3.05) is 0 Å². The van der Waals surface area contributed by atoms with Gasteiger partial charge in [-0.15, -0.1) is 0 Å². The number of ketones is 1. The fraction of sp³-hybridized carbons (Fsp3) is 0.444. The lowest BCUT2D eigenvalue weighted by Gasteiger charge is -1.97. The van der Waals surface area contributed by atoms with Crippen molar-refractivity contribution in [3.8, 4) is 0 Å². The molecule has 0 N–H and O–H groups in total. The Labute approximate surface area is 62.4 Å². The van der Waals surface area contributed by atoms with Crippen LogP contribution in [0.4, 0.5) is 0 Å². The van der Waals surface area contributed by atoms with Gasteiger partial charge >= 0.3 is 0 Å². The third kappa shape index (κ3) is 2.62. The molecule has 0 aliphatic heterocycles. The third-order valence-corrected chi connectivity index (χ3v) is 1.25. The van der Waals surface area contributed by atoms with Gasteiger partial charge in [-0.25, -0.2) is 0 Å². The fourth-order valence-corrected chi connectivity index (χ4v) is 0.803. The SMILES string of the molecule is C/C=C\C(C(C)=O)=C(C)C. The lowest BCUT2D eigenvalue weighted by molar-refractivity contribution is -0.113. The predicted octanol–water partition coefficient (Wildman–Crippen LogP) is 2.49. The highest BCUT2D eigenvalue weighted by Gasteiger charge is 1.99. The molecule has 0 saturated heterocycles. The summed E-state index contributed by atoms with van der Waals surface area (Å²) in [6.07, 6.45) is 3.72. The zero-order valence-corrected chi connectivity index (χ0v) is 7.06. The first-order chi connectivity index (χ1) is 4.59. The molecule has 0 radical (unpaired) electrons.